The molecule has 0 saturated heterocycles. The Morgan fingerprint density at radius 1 is 1.04 bits per heavy atom. The molecule has 2 aromatic rings. The predicted octanol–water partition coefficient (Wildman–Crippen LogP) is 3.17. The molecule has 2 N–H and O–H groups in total. The van der Waals surface area contributed by atoms with Gasteiger partial charge in [-0.3, -0.25) is 4.79 Å². The zero-order chi connectivity index (χ0) is 17.5. The van der Waals surface area contributed by atoms with E-state index in [-0.39, 0.29) is 12.0 Å². The molecule has 0 bridgehead atoms. The molecule has 126 valence electrons. The lowest BCUT2D eigenvalue weighted by atomic mass is 10.0. The van der Waals surface area contributed by atoms with Gasteiger partial charge < -0.3 is 10.4 Å². The smallest absolute Gasteiger partial charge is 0.326 e. The molecule has 2 rings (SSSR count). The second kappa shape index (κ2) is 8.19. The zero-order valence-electron chi connectivity index (χ0n) is 12.8. The number of carbonyl (C=O) groups is 2. The van der Waals surface area contributed by atoms with E-state index in [2.05, 4.69) is 5.32 Å². The maximum Gasteiger partial charge on any atom is 0.326 e. The number of carboxylic acid groups (broad SMARTS) is 1. The van der Waals surface area contributed by atoms with Crippen LogP contribution in [-0.4, -0.2) is 23.0 Å². The van der Waals surface area contributed by atoms with Crippen LogP contribution < -0.4 is 5.32 Å². The largest absolute Gasteiger partial charge is 0.480 e. The Labute approximate surface area is 138 Å². The van der Waals surface area contributed by atoms with Gasteiger partial charge in [-0.25, -0.2) is 13.6 Å². The first-order valence-corrected chi connectivity index (χ1v) is 7.50. The second-order valence-electron chi connectivity index (χ2n) is 5.37. The molecule has 0 saturated carbocycles. The molecule has 0 spiro atoms. The first kappa shape index (κ1) is 17.6. The molecule has 2 aromatic carbocycles. The summed E-state index contributed by atoms with van der Waals surface area (Å²) in [5.41, 5.74) is 0.955. The predicted molar refractivity (Wildman–Crippen MR) is 84.6 cm³/mol. The van der Waals surface area contributed by atoms with Gasteiger partial charge in [0.1, 0.15) is 6.04 Å². The van der Waals surface area contributed by atoms with Crippen LogP contribution in [0.5, 0.6) is 0 Å². The number of carbonyl (C=O) groups excluding carboxylic acids is 1. The van der Waals surface area contributed by atoms with Crippen molar-refractivity contribution in [2.24, 2.45) is 0 Å². The van der Waals surface area contributed by atoms with Crippen molar-refractivity contribution in [1.82, 2.24) is 5.32 Å². The fraction of sp³-hybridized carbons (Fsp3) is 0.222. The highest BCUT2D eigenvalue weighted by molar-refractivity contribution is 5.96. The van der Waals surface area contributed by atoms with Gasteiger partial charge in [0, 0.05) is 5.56 Å². The van der Waals surface area contributed by atoms with Crippen molar-refractivity contribution in [3.63, 3.8) is 0 Å². The van der Waals surface area contributed by atoms with Gasteiger partial charge in [-0.2, -0.15) is 0 Å². The normalized spacial score (nSPS) is 11.8. The maximum atomic E-state index is 13.2. The van der Waals surface area contributed by atoms with Crippen LogP contribution in [0.25, 0.3) is 0 Å². The Hall–Kier alpha value is -2.76. The van der Waals surface area contributed by atoms with Crippen molar-refractivity contribution in [3.05, 3.63) is 71.3 Å². The Morgan fingerprint density at radius 3 is 2.38 bits per heavy atom. The highest BCUT2D eigenvalue weighted by Crippen LogP contribution is 2.11. The summed E-state index contributed by atoms with van der Waals surface area (Å²) >= 11 is 0. The molecular weight excluding hydrogens is 316 g/mol. The highest BCUT2D eigenvalue weighted by Gasteiger charge is 2.21. The average molecular weight is 333 g/mol. The van der Waals surface area contributed by atoms with E-state index in [0.717, 1.165) is 23.8 Å². The summed E-state index contributed by atoms with van der Waals surface area (Å²) < 4.78 is 26.0. The van der Waals surface area contributed by atoms with E-state index >= 15 is 0 Å². The Bertz CT molecular complexity index is 719. The summed E-state index contributed by atoms with van der Waals surface area (Å²) in [4.78, 5) is 23.3. The van der Waals surface area contributed by atoms with Gasteiger partial charge in [-0.15, -0.1) is 0 Å². The average Bonchev–Trinajstić information content (AvgIpc) is 2.57. The number of hydrogen-bond acceptors (Lipinski definition) is 2. The monoisotopic (exact) mass is 333 g/mol. The van der Waals surface area contributed by atoms with Crippen LogP contribution in [0.15, 0.2) is 48.5 Å². The fourth-order valence-electron chi connectivity index (χ4n) is 2.29. The summed E-state index contributed by atoms with van der Waals surface area (Å²) in [7, 11) is 0. The van der Waals surface area contributed by atoms with Crippen LogP contribution in [0, 0.1) is 11.6 Å². The molecule has 1 amide bonds. The first-order chi connectivity index (χ1) is 11.5. The number of benzene rings is 2. The van der Waals surface area contributed by atoms with Crippen molar-refractivity contribution in [3.8, 4) is 0 Å². The standard InChI is InChI=1S/C18H17F2NO3/c19-14-10-9-13(11-15(14)20)17(22)21-16(18(23)24)8-4-7-12-5-2-1-3-6-12/h1-3,5-6,9-11,16H,4,7-8H2,(H,21,22)(H,23,24)/t16-/m0/s1. The fourth-order valence-corrected chi connectivity index (χ4v) is 2.29. The van der Waals surface area contributed by atoms with E-state index < -0.39 is 29.6 Å². The van der Waals surface area contributed by atoms with Gasteiger partial charge in [-0.1, -0.05) is 30.3 Å². The molecule has 0 fully saturated rings. The number of aryl methyl sites for hydroxylation is 1. The zero-order valence-corrected chi connectivity index (χ0v) is 12.8. The van der Waals surface area contributed by atoms with Gasteiger partial charge in [-0.05, 0) is 43.0 Å². The van der Waals surface area contributed by atoms with Crippen LogP contribution in [0.1, 0.15) is 28.8 Å². The lowest BCUT2D eigenvalue weighted by molar-refractivity contribution is -0.139. The summed E-state index contributed by atoms with van der Waals surface area (Å²) in [5, 5.41) is 11.6. The van der Waals surface area contributed by atoms with E-state index in [1.165, 1.54) is 0 Å². The molecule has 6 heteroatoms. The van der Waals surface area contributed by atoms with E-state index in [1.807, 2.05) is 30.3 Å². The molecule has 0 aliphatic heterocycles. The number of carboxylic acids is 1. The minimum atomic E-state index is -1.17. The van der Waals surface area contributed by atoms with Gasteiger partial charge in [0.25, 0.3) is 5.91 Å². The summed E-state index contributed by atoms with van der Waals surface area (Å²) in [5.74, 6) is -4.14. The van der Waals surface area contributed by atoms with Crippen molar-refractivity contribution in [1.29, 1.82) is 0 Å². The molecule has 1 atom stereocenters. The first-order valence-electron chi connectivity index (χ1n) is 7.50. The van der Waals surface area contributed by atoms with Crippen LogP contribution in [-0.2, 0) is 11.2 Å². The van der Waals surface area contributed by atoms with Crippen molar-refractivity contribution in [2.75, 3.05) is 0 Å². The van der Waals surface area contributed by atoms with Crippen LogP contribution in [0.3, 0.4) is 0 Å². The molecular formula is C18H17F2NO3. The van der Waals surface area contributed by atoms with Crippen molar-refractivity contribution in [2.45, 2.75) is 25.3 Å². The second-order valence-corrected chi connectivity index (χ2v) is 5.37. The molecule has 0 aliphatic carbocycles. The van der Waals surface area contributed by atoms with E-state index in [9.17, 15) is 23.5 Å². The van der Waals surface area contributed by atoms with Crippen LogP contribution in [0.4, 0.5) is 8.78 Å². The SMILES string of the molecule is O=C(N[C@@H](CCCc1ccccc1)C(=O)O)c1ccc(F)c(F)c1. The van der Waals surface area contributed by atoms with Crippen molar-refractivity contribution >= 4 is 11.9 Å². The Kier molecular flexibility index (Phi) is 6.01. The van der Waals surface area contributed by atoms with E-state index in [1.54, 1.807) is 0 Å². The van der Waals surface area contributed by atoms with Gasteiger partial charge in [0.15, 0.2) is 11.6 Å². The number of rotatable bonds is 7. The minimum Gasteiger partial charge on any atom is -0.480 e. The lowest BCUT2D eigenvalue weighted by Crippen LogP contribution is -2.40. The third kappa shape index (κ3) is 4.87. The third-order valence-electron chi connectivity index (χ3n) is 3.59. The Balaban J connectivity index is 1.93. The minimum absolute atomic E-state index is 0.122. The third-order valence-corrected chi connectivity index (χ3v) is 3.59. The van der Waals surface area contributed by atoms with Crippen molar-refractivity contribution < 1.29 is 23.5 Å². The Morgan fingerprint density at radius 2 is 1.75 bits per heavy atom. The highest BCUT2D eigenvalue weighted by atomic mass is 19.2. The molecule has 0 aliphatic rings. The summed E-state index contributed by atoms with van der Waals surface area (Å²) in [6.45, 7) is 0. The molecule has 24 heavy (non-hydrogen) atoms. The molecule has 4 nitrogen and oxygen atoms in total. The number of aliphatic carboxylic acids is 1. The van der Waals surface area contributed by atoms with Gasteiger partial charge in [0.05, 0.1) is 0 Å². The number of halogens is 2. The lowest BCUT2D eigenvalue weighted by Gasteiger charge is -2.14. The molecule has 0 radical (unpaired) electrons. The molecule has 0 heterocycles. The van der Waals surface area contributed by atoms with Crippen LogP contribution >= 0.6 is 0 Å². The number of hydrogen-bond donors (Lipinski definition) is 2. The number of nitrogens with one attached hydrogen (secondary N) is 1. The van der Waals surface area contributed by atoms with Gasteiger partial charge in [0.2, 0.25) is 0 Å². The molecule has 0 aromatic heterocycles. The molecule has 0 unspecified atom stereocenters. The van der Waals surface area contributed by atoms with Gasteiger partial charge >= 0.3 is 5.97 Å². The van der Waals surface area contributed by atoms with E-state index in [0.29, 0.717) is 12.8 Å². The number of amides is 1. The van der Waals surface area contributed by atoms with Crippen LogP contribution in [0.2, 0.25) is 0 Å². The summed E-state index contributed by atoms with van der Waals surface area (Å²) in [6, 6.07) is 11.2. The quantitative estimate of drug-likeness (QED) is 0.818. The summed E-state index contributed by atoms with van der Waals surface area (Å²) in [6.07, 6.45) is 1.49. The van der Waals surface area contributed by atoms with E-state index in [4.69, 9.17) is 0 Å². The maximum absolute atomic E-state index is 13.2. The topological polar surface area (TPSA) is 66.4 Å².